The number of nitrogens with zero attached hydrogens (tertiary/aromatic N) is 3. The number of hydrogen-bond acceptors (Lipinski definition) is 6. The summed E-state index contributed by atoms with van der Waals surface area (Å²) in [5.74, 6) is 0.773. The van der Waals surface area contributed by atoms with Crippen molar-refractivity contribution in [2.75, 3.05) is 10.2 Å². The van der Waals surface area contributed by atoms with Gasteiger partial charge < -0.3 is 11.1 Å². The topological polar surface area (TPSA) is 118 Å². The molecule has 0 aliphatic carbocycles. The molecule has 0 aliphatic heterocycles. The van der Waals surface area contributed by atoms with Crippen LogP contribution in [0.5, 0.6) is 0 Å². The van der Waals surface area contributed by atoms with Crippen LogP contribution in [0.1, 0.15) is 46.7 Å². The molecule has 0 bridgehead atoms. The van der Waals surface area contributed by atoms with E-state index < -0.39 is 6.03 Å². The lowest BCUT2D eigenvalue weighted by molar-refractivity contribution is 0.111. The average Bonchev–Trinajstić information content (AvgIpc) is 3.12. The van der Waals surface area contributed by atoms with Crippen molar-refractivity contribution in [3.8, 4) is 22.5 Å². The van der Waals surface area contributed by atoms with Crippen molar-refractivity contribution in [1.29, 1.82) is 0 Å². The number of amides is 2. The van der Waals surface area contributed by atoms with Gasteiger partial charge in [0.05, 0.1) is 42.9 Å². The van der Waals surface area contributed by atoms with E-state index in [4.69, 9.17) is 52.1 Å². The van der Waals surface area contributed by atoms with Gasteiger partial charge >= 0.3 is 6.03 Å². The molecule has 0 atom stereocenters. The standard InChI is InChI=1S/C20H15Cl2N3O2.C19H14Cl2N2O.2CH4/c1-12-5-2-3-6-14(12)18-13(11-26)9-10-17(24-18)25(20(23)27)19-15(21)7-4-8-16(19)22;1-12-5-2-3-6-14(12)18-13(11-24)9-10-17(22-18)23-19-15(20)7-4-8-16(19)21;;/h2-11H,1H3,(H2,23,27);2-11H,1H3,(H,22,23);2*1H4. The SMILES string of the molecule is C.C.Cc1ccccc1-c1nc(N(C(N)=O)c2c(Cl)cccc2Cl)ccc1C=O.Cc1ccccc1-c1nc(Nc2c(Cl)cccc2Cl)ccc1C=O. The molecule has 6 aromatic rings. The number of carbonyl (C=O) groups is 3. The van der Waals surface area contributed by atoms with Gasteiger partial charge in [-0.25, -0.2) is 19.7 Å². The fourth-order valence-corrected chi connectivity index (χ4v) is 6.27. The molecule has 2 amide bonds. The quantitative estimate of drug-likeness (QED) is 0.148. The van der Waals surface area contributed by atoms with E-state index in [9.17, 15) is 14.4 Å². The molecule has 2 aromatic heterocycles. The number of urea groups is 1. The molecule has 3 N–H and O–H groups in total. The van der Waals surface area contributed by atoms with Crippen LogP contribution in [-0.4, -0.2) is 28.6 Å². The summed E-state index contributed by atoms with van der Waals surface area (Å²) in [4.78, 5) is 45.4. The number of halogens is 4. The fraction of sp³-hybridized carbons (Fsp3) is 0.0976. The minimum absolute atomic E-state index is 0. The van der Waals surface area contributed by atoms with E-state index in [1.54, 1.807) is 54.6 Å². The van der Waals surface area contributed by atoms with Crippen molar-refractivity contribution in [2.24, 2.45) is 5.73 Å². The number of nitrogens with two attached hydrogens (primary N) is 1. The van der Waals surface area contributed by atoms with Crippen molar-refractivity contribution >= 4 is 88.0 Å². The van der Waals surface area contributed by atoms with Crippen LogP contribution in [0.25, 0.3) is 22.5 Å². The third kappa shape index (κ3) is 9.60. The molecule has 6 rings (SSSR count). The Kier molecular flexibility index (Phi) is 15.1. The summed E-state index contributed by atoms with van der Waals surface area (Å²) in [5, 5.41) is 4.63. The Morgan fingerprint density at radius 2 is 1.08 bits per heavy atom. The number of anilines is 4. The van der Waals surface area contributed by atoms with Gasteiger partial charge in [-0.15, -0.1) is 0 Å². The van der Waals surface area contributed by atoms with E-state index in [1.165, 1.54) is 6.07 Å². The Morgan fingerprint density at radius 3 is 1.55 bits per heavy atom. The molecule has 0 spiro atoms. The maximum Gasteiger partial charge on any atom is 0.325 e. The van der Waals surface area contributed by atoms with Gasteiger partial charge in [0.2, 0.25) is 0 Å². The van der Waals surface area contributed by atoms with Gasteiger partial charge in [0.1, 0.15) is 11.6 Å². The highest BCUT2D eigenvalue weighted by Gasteiger charge is 2.24. The number of aldehydes is 2. The Bertz CT molecular complexity index is 2220. The van der Waals surface area contributed by atoms with E-state index in [-0.39, 0.29) is 36.4 Å². The highest BCUT2D eigenvalue weighted by Crippen LogP contribution is 2.38. The van der Waals surface area contributed by atoms with Gasteiger partial charge in [-0.05, 0) is 73.5 Å². The minimum atomic E-state index is -0.799. The number of rotatable bonds is 8. The Balaban J connectivity index is 0.000000277. The van der Waals surface area contributed by atoms with Crippen LogP contribution in [0.15, 0.2) is 109 Å². The van der Waals surface area contributed by atoms with Crippen LogP contribution in [0.3, 0.4) is 0 Å². The fourth-order valence-electron chi connectivity index (χ4n) is 5.21. The first-order chi connectivity index (χ1) is 24.5. The van der Waals surface area contributed by atoms with Crippen molar-refractivity contribution < 1.29 is 14.4 Å². The molecule has 0 fully saturated rings. The third-order valence-corrected chi connectivity index (χ3v) is 8.96. The summed E-state index contributed by atoms with van der Waals surface area (Å²) >= 11 is 24.9. The maximum absolute atomic E-state index is 12.2. The first kappa shape index (κ1) is 42.2. The second kappa shape index (κ2) is 19.0. The second-order valence-electron chi connectivity index (χ2n) is 11.1. The van der Waals surface area contributed by atoms with Gasteiger partial charge in [0.25, 0.3) is 0 Å². The number of carbonyl (C=O) groups excluding carboxylic acids is 3. The van der Waals surface area contributed by atoms with Gasteiger partial charge in [0, 0.05) is 22.3 Å². The normalized spacial score (nSPS) is 10.1. The predicted molar refractivity (Wildman–Crippen MR) is 221 cm³/mol. The zero-order valence-electron chi connectivity index (χ0n) is 27.2. The minimum Gasteiger partial charge on any atom is -0.351 e. The Labute approximate surface area is 329 Å². The van der Waals surface area contributed by atoms with E-state index in [2.05, 4.69) is 15.3 Å². The van der Waals surface area contributed by atoms with Crippen LogP contribution < -0.4 is 16.0 Å². The number of nitrogens with one attached hydrogen (secondary N) is 1. The average molecular weight is 790 g/mol. The first-order valence-corrected chi connectivity index (χ1v) is 16.8. The Hall–Kier alpha value is -5.25. The largest absolute Gasteiger partial charge is 0.351 e. The summed E-state index contributed by atoms with van der Waals surface area (Å²) in [6, 6.07) is 31.2. The Morgan fingerprint density at radius 1 is 0.623 bits per heavy atom. The van der Waals surface area contributed by atoms with E-state index in [1.807, 2.05) is 62.4 Å². The summed E-state index contributed by atoms with van der Waals surface area (Å²) in [7, 11) is 0. The van der Waals surface area contributed by atoms with Gasteiger partial charge in [-0.1, -0.05) is 122 Å². The van der Waals surface area contributed by atoms with Crippen molar-refractivity contribution in [3.63, 3.8) is 0 Å². The second-order valence-corrected chi connectivity index (χ2v) is 12.7. The molecule has 0 unspecified atom stereocenters. The third-order valence-electron chi connectivity index (χ3n) is 7.72. The molecule has 12 heteroatoms. The number of pyridine rings is 2. The number of hydrogen-bond donors (Lipinski definition) is 2. The summed E-state index contributed by atoms with van der Waals surface area (Å²) < 4.78 is 0. The van der Waals surface area contributed by atoms with Crippen molar-refractivity contribution in [1.82, 2.24) is 9.97 Å². The van der Waals surface area contributed by atoms with E-state index >= 15 is 0 Å². The molecule has 0 aliphatic rings. The number of primary amides is 1. The van der Waals surface area contributed by atoms with Crippen LogP contribution >= 0.6 is 46.4 Å². The monoisotopic (exact) mass is 787 g/mol. The maximum atomic E-state index is 12.2. The molecule has 0 saturated carbocycles. The molecule has 0 radical (unpaired) electrons. The summed E-state index contributed by atoms with van der Waals surface area (Å²) in [6.45, 7) is 3.89. The molecule has 2 heterocycles. The van der Waals surface area contributed by atoms with Gasteiger partial charge in [0.15, 0.2) is 12.6 Å². The van der Waals surface area contributed by atoms with Gasteiger partial charge in [-0.2, -0.15) is 0 Å². The molecule has 53 heavy (non-hydrogen) atoms. The molecular formula is C41H37Cl4N5O3. The number of benzene rings is 4. The van der Waals surface area contributed by atoms with Crippen molar-refractivity contribution in [2.45, 2.75) is 28.7 Å². The van der Waals surface area contributed by atoms with E-state index in [0.29, 0.717) is 44.1 Å². The zero-order chi connectivity index (χ0) is 36.7. The first-order valence-electron chi connectivity index (χ1n) is 15.3. The number of aromatic nitrogens is 2. The number of para-hydroxylation sites is 2. The van der Waals surface area contributed by atoms with Crippen molar-refractivity contribution in [3.05, 3.63) is 152 Å². The molecule has 8 nitrogen and oxygen atoms in total. The van der Waals surface area contributed by atoms with Crippen LogP contribution in [0.2, 0.25) is 20.1 Å². The lowest BCUT2D eigenvalue weighted by atomic mass is 10.0. The van der Waals surface area contributed by atoms with Gasteiger partial charge in [-0.3, -0.25) is 9.59 Å². The van der Waals surface area contributed by atoms with Crippen LogP contribution in [0, 0.1) is 13.8 Å². The summed E-state index contributed by atoms with van der Waals surface area (Å²) in [5.41, 5.74) is 12.1. The number of aryl methyl sites for hydroxylation is 2. The highest BCUT2D eigenvalue weighted by atomic mass is 35.5. The van der Waals surface area contributed by atoms with Crippen LogP contribution in [0.4, 0.5) is 27.8 Å². The predicted octanol–water partition coefficient (Wildman–Crippen LogP) is 12.6. The summed E-state index contributed by atoms with van der Waals surface area (Å²) in [6.07, 6.45) is 1.52. The molecule has 0 saturated heterocycles. The lowest BCUT2D eigenvalue weighted by Gasteiger charge is -2.23. The van der Waals surface area contributed by atoms with E-state index in [0.717, 1.165) is 39.7 Å². The smallest absolute Gasteiger partial charge is 0.325 e. The lowest BCUT2D eigenvalue weighted by Crippen LogP contribution is -2.32. The van der Waals surface area contributed by atoms with Crippen LogP contribution in [-0.2, 0) is 0 Å². The molecule has 272 valence electrons. The highest BCUT2D eigenvalue weighted by molar-refractivity contribution is 6.40. The molecule has 4 aromatic carbocycles. The zero-order valence-corrected chi connectivity index (χ0v) is 30.2. The molecular weight excluding hydrogens is 752 g/mol.